The number of amides is 2. The van der Waals surface area contributed by atoms with E-state index in [1.807, 2.05) is 0 Å². The molecule has 98 valence electrons. The predicted octanol–water partition coefficient (Wildman–Crippen LogP) is 0.245. The first-order chi connectivity index (χ1) is 8.11. The van der Waals surface area contributed by atoms with Gasteiger partial charge in [0.15, 0.2) is 0 Å². The van der Waals surface area contributed by atoms with Gasteiger partial charge < -0.3 is 20.6 Å². The molecule has 1 aliphatic heterocycles. The number of nitrogens with one attached hydrogen (secondary N) is 2. The van der Waals surface area contributed by atoms with Crippen molar-refractivity contribution in [2.45, 2.75) is 31.7 Å². The molecule has 0 saturated carbocycles. The summed E-state index contributed by atoms with van der Waals surface area (Å²) in [6.07, 6.45) is 2.51. The standard InChI is InChI=1S/C11H21N3O3/c1-14(9-4-7-12-8-5-9)11(17)13-6-2-3-10(15)16/h9,12H,2-8H2,1H3,(H,13,17)(H,15,16). The second-order valence-electron chi connectivity index (χ2n) is 4.32. The van der Waals surface area contributed by atoms with Gasteiger partial charge in [-0.05, 0) is 32.4 Å². The average Bonchev–Trinajstić information content (AvgIpc) is 2.34. The lowest BCUT2D eigenvalue weighted by molar-refractivity contribution is -0.137. The number of rotatable bonds is 5. The summed E-state index contributed by atoms with van der Waals surface area (Å²) in [6, 6.07) is 0.179. The highest BCUT2D eigenvalue weighted by atomic mass is 16.4. The van der Waals surface area contributed by atoms with E-state index in [0.717, 1.165) is 25.9 Å². The molecule has 0 aromatic carbocycles. The van der Waals surface area contributed by atoms with Crippen LogP contribution in [0.1, 0.15) is 25.7 Å². The first kappa shape index (κ1) is 13.8. The fourth-order valence-corrected chi connectivity index (χ4v) is 1.92. The maximum Gasteiger partial charge on any atom is 0.317 e. The molecular weight excluding hydrogens is 222 g/mol. The van der Waals surface area contributed by atoms with E-state index >= 15 is 0 Å². The first-order valence-corrected chi connectivity index (χ1v) is 6.04. The monoisotopic (exact) mass is 243 g/mol. The molecule has 0 spiro atoms. The van der Waals surface area contributed by atoms with Gasteiger partial charge in [0.1, 0.15) is 0 Å². The molecule has 0 aromatic rings. The molecule has 0 aromatic heterocycles. The maximum atomic E-state index is 11.7. The van der Waals surface area contributed by atoms with Crippen LogP contribution in [-0.2, 0) is 4.79 Å². The van der Waals surface area contributed by atoms with Gasteiger partial charge in [0.25, 0.3) is 0 Å². The van der Waals surface area contributed by atoms with Gasteiger partial charge in [-0.15, -0.1) is 0 Å². The van der Waals surface area contributed by atoms with E-state index in [2.05, 4.69) is 10.6 Å². The lowest BCUT2D eigenvalue weighted by atomic mass is 10.1. The van der Waals surface area contributed by atoms with Crippen LogP contribution in [0.4, 0.5) is 4.79 Å². The second-order valence-corrected chi connectivity index (χ2v) is 4.32. The second kappa shape index (κ2) is 7.11. The number of aliphatic carboxylic acids is 1. The molecule has 2 amide bonds. The van der Waals surface area contributed by atoms with Gasteiger partial charge >= 0.3 is 12.0 Å². The lowest BCUT2D eigenvalue weighted by Gasteiger charge is -2.31. The molecule has 1 aliphatic rings. The van der Waals surface area contributed by atoms with Crippen molar-refractivity contribution in [1.82, 2.24) is 15.5 Å². The fraction of sp³-hybridized carbons (Fsp3) is 0.818. The smallest absolute Gasteiger partial charge is 0.317 e. The number of hydrogen-bond donors (Lipinski definition) is 3. The number of carbonyl (C=O) groups excluding carboxylic acids is 1. The van der Waals surface area contributed by atoms with E-state index < -0.39 is 5.97 Å². The largest absolute Gasteiger partial charge is 0.481 e. The molecule has 6 nitrogen and oxygen atoms in total. The van der Waals surface area contributed by atoms with E-state index in [1.165, 1.54) is 0 Å². The molecule has 0 atom stereocenters. The molecule has 1 heterocycles. The summed E-state index contributed by atoms with van der Waals surface area (Å²) >= 11 is 0. The Balaban J connectivity index is 2.19. The highest BCUT2D eigenvalue weighted by molar-refractivity contribution is 5.74. The zero-order valence-corrected chi connectivity index (χ0v) is 10.2. The molecule has 1 rings (SSSR count). The van der Waals surface area contributed by atoms with Gasteiger partial charge in [0.05, 0.1) is 0 Å². The molecule has 3 N–H and O–H groups in total. The topological polar surface area (TPSA) is 81.7 Å². The molecule has 1 saturated heterocycles. The quantitative estimate of drug-likeness (QED) is 0.604. The summed E-state index contributed by atoms with van der Waals surface area (Å²) in [4.78, 5) is 23.8. The van der Waals surface area contributed by atoms with Crippen LogP contribution >= 0.6 is 0 Å². The van der Waals surface area contributed by atoms with Crippen molar-refractivity contribution in [3.05, 3.63) is 0 Å². The van der Waals surface area contributed by atoms with Crippen molar-refractivity contribution in [2.75, 3.05) is 26.7 Å². The third-order valence-electron chi connectivity index (χ3n) is 3.02. The summed E-state index contributed by atoms with van der Waals surface area (Å²) in [5.41, 5.74) is 0. The van der Waals surface area contributed by atoms with Gasteiger partial charge in [-0.3, -0.25) is 4.79 Å². The van der Waals surface area contributed by atoms with E-state index in [-0.39, 0.29) is 18.5 Å². The van der Waals surface area contributed by atoms with E-state index in [1.54, 1.807) is 11.9 Å². The summed E-state index contributed by atoms with van der Waals surface area (Å²) in [7, 11) is 1.79. The average molecular weight is 243 g/mol. The number of urea groups is 1. The highest BCUT2D eigenvalue weighted by Gasteiger charge is 2.21. The molecule has 0 bridgehead atoms. The van der Waals surface area contributed by atoms with Crippen LogP contribution < -0.4 is 10.6 Å². The number of carboxylic acid groups (broad SMARTS) is 1. The van der Waals surface area contributed by atoms with Crippen LogP contribution in [0.2, 0.25) is 0 Å². The Morgan fingerprint density at radius 3 is 2.65 bits per heavy atom. The number of piperidine rings is 1. The number of carboxylic acids is 1. The van der Waals surface area contributed by atoms with Crippen molar-refractivity contribution in [3.8, 4) is 0 Å². The Bertz CT molecular complexity index is 265. The Kier molecular flexibility index (Phi) is 5.76. The van der Waals surface area contributed by atoms with Gasteiger partial charge in [0.2, 0.25) is 0 Å². The van der Waals surface area contributed by atoms with Gasteiger partial charge in [-0.1, -0.05) is 0 Å². The van der Waals surface area contributed by atoms with Crippen LogP contribution in [0, 0.1) is 0 Å². The Morgan fingerprint density at radius 1 is 1.41 bits per heavy atom. The van der Waals surface area contributed by atoms with Crippen molar-refractivity contribution in [3.63, 3.8) is 0 Å². The number of hydrogen-bond acceptors (Lipinski definition) is 3. The van der Waals surface area contributed by atoms with Crippen molar-refractivity contribution in [1.29, 1.82) is 0 Å². The van der Waals surface area contributed by atoms with Crippen LogP contribution in [-0.4, -0.2) is 54.7 Å². The molecule has 0 aliphatic carbocycles. The van der Waals surface area contributed by atoms with E-state index in [0.29, 0.717) is 13.0 Å². The zero-order chi connectivity index (χ0) is 12.7. The van der Waals surface area contributed by atoms with E-state index in [4.69, 9.17) is 5.11 Å². The number of carbonyl (C=O) groups is 2. The molecule has 1 fully saturated rings. The summed E-state index contributed by atoms with van der Waals surface area (Å²) in [6.45, 7) is 2.31. The van der Waals surface area contributed by atoms with Crippen molar-refractivity contribution in [2.24, 2.45) is 0 Å². The molecule has 17 heavy (non-hydrogen) atoms. The fourth-order valence-electron chi connectivity index (χ4n) is 1.92. The molecule has 0 radical (unpaired) electrons. The molecule has 6 heteroatoms. The van der Waals surface area contributed by atoms with Crippen LogP contribution in [0.15, 0.2) is 0 Å². The van der Waals surface area contributed by atoms with Crippen LogP contribution in [0.5, 0.6) is 0 Å². The normalized spacial score (nSPS) is 16.5. The van der Waals surface area contributed by atoms with E-state index in [9.17, 15) is 9.59 Å². The maximum absolute atomic E-state index is 11.7. The Morgan fingerprint density at radius 2 is 2.06 bits per heavy atom. The van der Waals surface area contributed by atoms with Crippen molar-refractivity contribution < 1.29 is 14.7 Å². The number of nitrogens with zero attached hydrogens (tertiary/aromatic N) is 1. The third kappa shape index (κ3) is 5.04. The predicted molar refractivity (Wildman–Crippen MR) is 63.9 cm³/mol. The SMILES string of the molecule is CN(C(=O)NCCCC(=O)O)C1CCNCC1. The third-order valence-corrected chi connectivity index (χ3v) is 3.02. The Labute approximate surface area is 101 Å². The van der Waals surface area contributed by atoms with Gasteiger partial charge in [0, 0.05) is 26.1 Å². The first-order valence-electron chi connectivity index (χ1n) is 6.04. The summed E-state index contributed by atoms with van der Waals surface area (Å²) < 4.78 is 0. The van der Waals surface area contributed by atoms with Crippen LogP contribution in [0.3, 0.4) is 0 Å². The summed E-state index contributed by atoms with van der Waals surface area (Å²) in [5, 5.41) is 14.4. The molecule has 0 unspecified atom stereocenters. The summed E-state index contributed by atoms with van der Waals surface area (Å²) in [5.74, 6) is -0.828. The minimum absolute atomic E-state index is 0.0946. The minimum Gasteiger partial charge on any atom is -0.481 e. The van der Waals surface area contributed by atoms with Crippen molar-refractivity contribution >= 4 is 12.0 Å². The Hall–Kier alpha value is -1.30. The van der Waals surface area contributed by atoms with Gasteiger partial charge in [-0.2, -0.15) is 0 Å². The minimum atomic E-state index is -0.828. The van der Waals surface area contributed by atoms with Gasteiger partial charge in [-0.25, -0.2) is 4.79 Å². The zero-order valence-electron chi connectivity index (χ0n) is 10.2. The highest BCUT2D eigenvalue weighted by Crippen LogP contribution is 2.09. The molecular formula is C11H21N3O3. The lowest BCUT2D eigenvalue weighted by Crippen LogP contribution is -2.48. The van der Waals surface area contributed by atoms with Crippen LogP contribution in [0.25, 0.3) is 0 Å².